The lowest BCUT2D eigenvalue weighted by molar-refractivity contribution is -0.117. The zero-order chi connectivity index (χ0) is 20.1. The summed E-state index contributed by atoms with van der Waals surface area (Å²) in [7, 11) is 5.13. The Labute approximate surface area is 166 Å². The average Bonchev–Trinajstić information content (AvgIpc) is 2.59. The summed E-state index contributed by atoms with van der Waals surface area (Å²) in [4.78, 5) is 14.4. The second-order valence-electron chi connectivity index (χ2n) is 6.79. The number of benzene rings is 2. The molecule has 0 atom stereocenters. The lowest BCUT2D eigenvalue weighted by Crippen LogP contribution is -2.30. The second-order valence-corrected chi connectivity index (χ2v) is 7.20. The molecule has 0 aliphatic heterocycles. The van der Waals surface area contributed by atoms with Gasteiger partial charge in [-0.15, -0.1) is 0 Å². The van der Waals surface area contributed by atoms with Crippen molar-refractivity contribution in [2.45, 2.75) is 27.3 Å². The van der Waals surface area contributed by atoms with Crippen LogP contribution in [-0.2, 0) is 11.3 Å². The molecule has 146 valence electrons. The molecule has 0 aliphatic rings. The summed E-state index contributed by atoms with van der Waals surface area (Å²) in [6, 6.07) is 7.74. The van der Waals surface area contributed by atoms with E-state index in [0.717, 1.165) is 22.3 Å². The number of ether oxygens (including phenoxy) is 2. The number of hydrogen-bond donors (Lipinski definition) is 1. The van der Waals surface area contributed by atoms with Crippen LogP contribution in [0.3, 0.4) is 0 Å². The maximum Gasteiger partial charge on any atom is 0.238 e. The number of methoxy groups -OCH3 is 2. The Morgan fingerprint density at radius 2 is 1.67 bits per heavy atom. The van der Waals surface area contributed by atoms with Gasteiger partial charge in [0, 0.05) is 6.54 Å². The van der Waals surface area contributed by atoms with E-state index in [4.69, 9.17) is 21.1 Å². The minimum Gasteiger partial charge on any atom is -0.493 e. The number of carbonyl (C=O) groups is 1. The summed E-state index contributed by atoms with van der Waals surface area (Å²) in [5.41, 5.74) is 4.84. The third kappa shape index (κ3) is 5.37. The molecule has 0 bridgehead atoms. The minimum absolute atomic E-state index is 0.107. The summed E-state index contributed by atoms with van der Waals surface area (Å²) in [6.45, 7) is 6.78. The Morgan fingerprint density at radius 1 is 1.04 bits per heavy atom. The fourth-order valence-corrected chi connectivity index (χ4v) is 3.41. The van der Waals surface area contributed by atoms with Crippen molar-refractivity contribution >= 4 is 23.2 Å². The van der Waals surface area contributed by atoms with Gasteiger partial charge < -0.3 is 14.8 Å². The van der Waals surface area contributed by atoms with E-state index in [1.807, 2.05) is 57.0 Å². The standard InChI is InChI=1S/C21H27ClN2O3/c1-13-7-15(3)21(17(22)8-13)23-20(25)12-24(4)11-16-10-19(27-6)18(26-5)9-14(16)2/h7-10H,11-12H2,1-6H3,(H,23,25). The first-order valence-corrected chi connectivity index (χ1v) is 9.09. The maximum absolute atomic E-state index is 12.5. The fourth-order valence-electron chi connectivity index (χ4n) is 3.04. The highest BCUT2D eigenvalue weighted by molar-refractivity contribution is 6.34. The van der Waals surface area contributed by atoms with Crippen LogP contribution in [0, 0.1) is 20.8 Å². The van der Waals surface area contributed by atoms with E-state index in [1.165, 1.54) is 0 Å². The van der Waals surface area contributed by atoms with Crippen molar-refractivity contribution in [1.29, 1.82) is 0 Å². The molecule has 0 fully saturated rings. The fraction of sp³-hybridized carbons (Fsp3) is 0.381. The Hall–Kier alpha value is -2.24. The van der Waals surface area contributed by atoms with Crippen LogP contribution in [0.2, 0.25) is 5.02 Å². The number of halogens is 1. The van der Waals surface area contributed by atoms with Crippen LogP contribution in [0.15, 0.2) is 24.3 Å². The van der Waals surface area contributed by atoms with Crippen molar-refractivity contribution in [2.75, 3.05) is 33.1 Å². The molecule has 1 N–H and O–H groups in total. The number of rotatable bonds is 7. The number of nitrogens with zero attached hydrogens (tertiary/aromatic N) is 1. The van der Waals surface area contributed by atoms with Gasteiger partial charge in [-0.25, -0.2) is 0 Å². The lowest BCUT2D eigenvalue weighted by atomic mass is 10.1. The molecular weight excluding hydrogens is 364 g/mol. The predicted molar refractivity (Wildman–Crippen MR) is 110 cm³/mol. The van der Waals surface area contributed by atoms with Gasteiger partial charge in [-0.3, -0.25) is 9.69 Å². The van der Waals surface area contributed by atoms with Gasteiger partial charge in [0.25, 0.3) is 0 Å². The summed E-state index contributed by atoms with van der Waals surface area (Å²) in [6.07, 6.45) is 0. The van der Waals surface area contributed by atoms with Crippen molar-refractivity contribution < 1.29 is 14.3 Å². The summed E-state index contributed by atoms with van der Waals surface area (Å²) in [5, 5.41) is 3.48. The Morgan fingerprint density at radius 3 is 2.26 bits per heavy atom. The Bertz CT molecular complexity index is 813. The molecule has 0 radical (unpaired) electrons. The molecular formula is C21H27ClN2O3. The zero-order valence-electron chi connectivity index (χ0n) is 16.8. The van der Waals surface area contributed by atoms with E-state index in [0.29, 0.717) is 28.8 Å². The minimum atomic E-state index is -0.107. The molecule has 0 aliphatic carbocycles. The number of anilines is 1. The lowest BCUT2D eigenvalue weighted by Gasteiger charge is -2.20. The van der Waals surface area contributed by atoms with Gasteiger partial charge in [-0.05, 0) is 68.3 Å². The first-order valence-electron chi connectivity index (χ1n) is 8.71. The van der Waals surface area contributed by atoms with Crippen molar-refractivity contribution in [3.63, 3.8) is 0 Å². The van der Waals surface area contributed by atoms with E-state index < -0.39 is 0 Å². The number of amides is 1. The van der Waals surface area contributed by atoms with Gasteiger partial charge >= 0.3 is 0 Å². The molecule has 2 aromatic rings. The van der Waals surface area contributed by atoms with Gasteiger partial charge in [0.05, 0.1) is 31.5 Å². The molecule has 5 nitrogen and oxygen atoms in total. The molecule has 1 amide bonds. The SMILES string of the molecule is COc1cc(C)c(CN(C)CC(=O)Nc2c(C)cc(C)cc2Cl)cc1OC. The molecule has 2 aromatic carbocycles. The zero-order valence-corrected chi connectivity index (χ0v) is 17.5. The molecule has 0 saturated heterocycles. The monoisotopic (exact) mass is 390 g/mol. The Balaban J connectivity index is 2.06. The molecule has 6 heteroatoms. The highest BCUT2D eigenvalue weighted by Crippen LogP contribution is 2.31. The second kappa shape index (κ2) is 9.11. The number of likely N-dealkylation sites (N-methyl/N-ethyl adjacent to an activating group) is 1. The molecule has 2 rings (SSSR count). The summed E-state index contributed by atoms with van der Waals surface area (Å²) >= 11 is 6.27. The molecule has 0 aromatic heterocycles. The van der Waals surface area contributed by atoms with Crippen LogP contribution in [0.25, 0.3) is 0 Å². The first kappa shape index (κ1) is 21.1. The van der Waals surface area contributed by atoms with Gasteiger partial charge in [-0.1, -0.05) is 17.7 Å². The van der Waals surface area contributed by atoms with Gasteiger partial charge in [0.2, 0.25) is 5.91 Å². The third-order valence-electron chi connectivity index (χ3n) is 4.39. The van der Waals surface area contributed by atoms with E-state index >= 15 is 0 Å². The van der Waals surface area contributed by atoms with Crippen LogP contribution in [0.1, 0.15) is 22.3 Å². The van der Waals surface area contributed by atoms with Crippen molar-refractivity contribution in [3.05, 3.63) is 51.5 Å². The molecule has 0 spiro atoms. The van der Waals surface area contributed by atoms with Crippen molar-refractivity contribution in [1.82, 2.24) is 4.90 Å². The molecule has 0 heterocycles. The summed E-state index contributed by atoms with van der Waals surface area (Å²) in [5.74, 6) is 1.27. The van der Waals surface area contributed by atoms with Crippen molar-refractivity contribution in [2.24, 2.45) is 0 Å². The highest BCUT2D eigenvalue weighted by atomic mass is 35.5. The average molecular weight is 391 g/mol. The van der Waals surface area contributed by atoms with Crippen LogP contribution in [-0.4, -0.2) is 38.6 Å². The van der Waals surface area contributed by atoms with Gasteiger partial charge in [0.1, 0.15) is 0 Å². The highest BCUT2D eigenvalue weighted by Gasteiger charge is 2.14. The van der Waals surface area contributed by atoms with Gasteiger partial charge in [0.15, 0.2) is 11.5 Å². The molecule has 0 saturated carbocycles. The number of nitrogens with one attached hydrogen (secondary N) is 1. The number of hydrogen-bond acceptors (Lipinski definition) is 4. The number of carbonyl (C=O) groups excluding carboxylic acids is 1. The predicted octanol–water partition coefficient (Wildman–Crippen LogP) is 4.35. The quantitative estimate of drug-likeness (QED) is 0.763. The molecule has 0 unspecified atom stereocenters. The van der Waals surface area contributed by atoms with Crippen LogP contribution < -0.4 is 14.8 Å². The van der Waals surface area contributed by atoms with Crippen LogP contribution in [0.4, 0.5) is 5.69 Å². The van der Waals surface area contributed by atoms with Gasteiger partial charge in [-0.2, -0.15) is 0 Å². The van der Waals surface area contributed by atoms with E-state index in [9.17, 15) is 4.79 Å². The van der Waals surface area contributed by atoms with Crippen LogP contribution in [0.5, 0.6) is 11.5 Å². The maximum atomic E-state index is 12.5. The van der Waals surface area contributed by atoms with E-state index in [2.05, 4.69) is 5.32 Å². The normalized spacial score (nSPS) is 10.8. The summed E-state index contributed by atoms with van der Waals surface area (Å²) < 4.78 is 10.7. The molecule has 27 heavy (non-hydrogen) atoms. The topological polar surface area (TPSA) is 50.8 Å². The Kier molecular flexibility index (Phi) is 7.11. The van der Waals surface area contributed by atoms with E-state index in [1.54, 1.807) is 14.2 Å². The van der Waals surface area contributed by atoms with Crippen molar-refractivity contribution in [3.8, 4) is 11.5 Å². The largest absolute Gasteiger partial charge is 0.493 e. The number of aryl methyl sites for hydroxylation is 3. The van der Waals surface area contributed by atoms with Crippen LogP contribution >= 0.6 is 11.6 Å². The van der Waals surface area contributed by atoms with E-state index in [-0.39, 0.29) is 12.5 Å². The third-order valence-corrected chi connectivity index (χ3v) is 4.69. The first-order chi connectivity index (χ1) is 12.7. The smallest absolute Gasteiger partial charge is 0.238 e.